The van der Waals surface area contributed by atoms with Crippen LogP contribution in [0.4, 0.5) is 0 Å². The fourth-order valence-electron chi connectivity index (χ4n) is 2.26. The monoisotopic (exact) mass is 487 g/mol. The number of carbonyl (C=O) groups excluding carboxylic acids is 2. The van der Waals surface area contributed by atoms with Gasteiger partial charge in [0.15, 0.2) is 5.96 Å². The highest BCUT2D eigenvalue weighted by atomic mass is 79.9. The number of fused-ring (bicyclic) bond motifs is 1. The number of aliphatic imine (C=N–C) groups is 1. The van der Waals surface area contributed by atoms with Crippen LogP contribution in [0, 0.1) is 0 Å². The minimum atomic E-state index is -0.788. The van der Waals surface area contributed by atoms with Crippen molar-refractivity contribution >= 4 is 62.5 Å². The second-order valence-corrected chi connectivity index (χ2v) is 5.44. The number of carbonyl (C=O) groups is 2. The van der Waals surface area contributed by atoms with Gasteiger partial charge in [0.1, 0.15) is 0 Å². The Morgan fingerprint density at radius 2 is 1.69 bits per heavy atom. The number of imide groups is 1. The topological polar surface area (TPSA) is 137 Å². The van der Waals surface area contributed by atoms with Gasteiger partial charge in [-0.3, -0.25) is 19.9 Å². The zero-order valence-corrected chi connectivity index (χ0v) is 17.5. The molecule has 0 spiro atoms. The number of halogens is 2. The Bertz CT molecular complexity index is 779. The summed E-state index contributed by atoms with van der Waals surface area (Å²) in [7, 11) is 0. The maximum atomic E-state index is 12.2. The summed E-state index contributed by atoms with van der Waals surface area (Å²) in [6.07, 6.45) is 0.935. The Hall–Kier alpha value is -1.97. The average Bonchev–Trinajstić information content (AvgIpc) is 2.57. The molecule has 0 saturated carbocycles. The summed E-state index contributed by atoms with van der Waals surface area (Å²) in [5.41, 5.74) is 16.6. The van der Waals surface area contributed by atoms with Gasteiger partial charge in [-0.2, -0.15) is 0 Å². The number of nitrogens with zero attached hydrogens (tertiary/aromatic N) is 1. The first kappa shape index (κ1) is 24.0. The molecule has 2 aromatic rings. The molecule has 0 radical (unpaired) electrons. The molecule has 0 heterocycles. The third kappa shape index (κ3) is 7.11. The molecule has 142 valence electrons. The highest BCUT2D eigenvalue weighted by Crippen LogP contribution is 2.15. The molecular weight excluding hydrogens is 466 g/mol. The van der Waals surface area contributed by atoms with Crippen LogP contribution < -0.4 is 22.5 Å². The van der Waals surface area contributed by atoms with Crippen molar-refractivity contribution in [1.82, 2.24) is 5.32 Å². The Balaban J connectivity index is 0.00000312. The van der Waals surface area contributed by atoms with E-state index in [0.29, 0.717) is 24.9 Å². The Kier molecular flexibility index (Phi) is 10.7. The van der Waals surface area contributed by atoms with Crippen LogP contribution in [-0.2, 0) is 4.79 Å². The van der Waals surface area contributed by atoms with E-state index in [1.165, 1.54) is 0 Å². The van der Waals surface area contributed by atoms with Crippen LogP contribution in [0.1, 0.15) is 23.2 Å². The van der Waals surface area contributed by atoms with Crippen LogP contribution in [0.5, 0.6) is 0 Å². The third-order valence-corrected chi connectivity index (χ3v) is 3.55. The van der Waals surface area contributed by atoms with Crippen molar-refractivity contribution < 1.29 is 9.59 Å². The molecule has 0 aliphatic rings. The number of rotatable bonds is 6. The first-order valence-electron chi connectivity index (χ1n) is 7.62. The molecule has 2 aromatic carbocycles. The van der Waals surface area contributed by atoms with Crippen molar-refractivity contribution in [3.8, 4) is 0 Å². The van der Waals surface area contributed by atoms with Crippen molar-refractivity contribution in [3.05, 3.63) is 48.0 Å². The Morgan fingerprint density at radius 1 is 1.04 bits per heavy atom. The minimum Gasteiger partial charge on any atom is -0.370 e. The van der Waals surface area contributed by atoms with E-state index in [2.05, 4.69) is 10.3 Å². The molecule has 0 bridgehead atoms. The smallest absolute Gasteiger partial charge is 0.257 e. The van der Waals surface area contributed by atoms with E-state index in [-0.39, 0.29) is 39.9 Å². The van der Waals surface area contributed by atoms with Crippen LogP contribution >= 0.6 is 34.0 Å². The lowest BCUT2D eigenvalue weighted by Crippen LogP contribution is -2.43. The molecule has 0 aliphatic heterocycles. The van der Waals surface area contributed by atoms with Crippen molar-refractivity contribution in [3.63, 3.8) is 0 Å². The fraction of sp³-hybridized carbons (Fsp3) is 0.235. The van der Waals surface area contributed by atoms with Gasteiger partial charge in [0.25, 0.3) is 5.91 Å². The van der Waals surface area contributed by atoms with Crippen LogP contribution in [0.25, 0.3) is 10.8 Å². The molecular formula is C17H23Br2N5O2. The highest BCUT2D eigenvalue weighted by Gasteiger charge is 2.17. The molecule has 0 aromatic heterocycles. The fourth-order valence-corrected chi connectivity index (χ4v) is 2.26. The van der Waals surface area contributed by atoms with Gasteiger partial charge in [-0.1, -0.05) is 30.3 Å². The van der Waals surface area contributed by atoms with Crippen LogP contribution in [-0.4, -0.2) is 30.4 Å². The van der Waals surface area contributed by atoms with Crippen LogP contribution in [0.15, 0.2) is 47.5 Å². The third-order valence-electron chi connectivity index (χ3n) is 3.55. The van der Waals surface area contributed by atoms with Crippen molar-refractivity contribution in [2.75, 3.05) is 6.54 Å². The van der Waals surface area contributed by atoms with Gasteiger partial charge >= 0.3 is 0 Å². The Morgan fingerprint density at radius 3 is 2.35 bits per heavy atom. The van der Waals surface area contributed by atoms with E-state index >= 15 is 0 Å². The Labute approximate surface area is 172 Å². The van der Waals surface area contributed by atoms with Gasteiger partial charge in [-0.25, -0.2) is 0 Å². The molecule has 0 saturated heterocycles. The number of nitrogens with two attached hydrogens (primary N) is 3. The molecule has 0 unspecified atom stereocenters. The predicted octanol–water partition coefficient (Wildman–Crippen LogP) is 1.63. The number of hydrogen-bond acceptors (Lipinski definition) is 4. The first-order chi connectivity index (χ1) is 11.5. The first-order valence-corrected chi connectivity index (χ1v) is 7.62. The van der Waals surface area contributed by atoms with E-state index in [0.717, 1.165) is 10.8 Å². The second-order valence-electron chi connectivity index (χ2n) is 5.44. The molecule has 26 heavy (non-hydrogen) atoms. The average molecular weight is 489 g/mol. The van der Waals surface area contributed by atoms with Crippen molar-refractivity contribution in [2.45, 2.75) is 18.9 Å². The summed E-state index contributed by atoms with van der Waals surface area (Å²) in [6.45, 7) is 0.391. The highest BCUT2D eigenvalue weighted by molar-refractivity contribution is 8.93. The van der Waals surface area contributed by atoms with E-state index in [1.807, 2.05) is 30.3 Å². The van der Waals surface area contributed by atoms with Crippen LogP contribution in [0.2, 0.25) is 0 Å². The lowest BCUT2D eigenvalue weighted by molar-refractivity contribution is -0.121. The molecule has 1 atom stereocenters. The molecule has 0 fully saturated rings. The van der Waals surface area contributed by atoms with Gasteiger partial charge in [-0.15, -0.1) is 34.0 Å². The molecule has 2 amide bonds. The number of guanidine groups is 1. The SMILES string of the molecule is Br.Br.NC(N)=NCCC[C@H](N)C(=O)NC(=O)c1ccc2ccccc2c1. The largest absolute Gasteiger partial charge is 0.370 e. The van der Waals surface area contributed by atoms with Crippen molar-refractivity contribution in [1.29, 1.82) is 0 Å². The number of nitrogens with one attached hydrogen (secondary N) is 1. The molecule has 2 rings (SSSR count). The normalized spacial score (nSPS) is 10.8. The lowest BCUT2D eigenvalue weighted by atomic mass is 10.1. The number of benzene rings is 2. The van der Waals surface area contributed by atoms with Gasteiger partial charge in [-0.05, 0) is 35.7 Å². The van der Waals surface area contributed by atoms with Gasteiger partial charge in [0.05, 0.1) is 6.04 Å². The maximum Gasteiger partial charge on any atom is 0.257 e. The zero-order valence-electron chi connectivity index (χ0n) is 14.1. The van der Waals surface area contributed by atoms with Crippen LogP contribution in [0.3, 0.4) is 0 Å². The number of hydrogen-bond donors (Lipinski definition) is 4. The summed E-state index contributed by atoms with van der Waals surface area (Å²) < 4.78 is 0. The minimum absolute atomic E-state index is 0. The van der Waals surface area contributed by atoms with Gasteiger partial charge < -0.3 is 17.2 Å². The predicted molar refractivity (Wildman–Crippen MR) is 115 cm³/mol. The summed E-state index contributed by atoms with van der Waals surface area (Å²) >= 11 is 0. The van der Waals surface area contributed by atoms with Crippen molar-refractivity contribution in [2.24, 2.45) is 22.2 Å². The van der Waals surface area contributed by atoms with Gasteiger partial charge in [0, 0.05) is 12.1 Å². The quantitative estimate of drug-likeness (QED) is 0.278. The lowest BCUT2D eigenvalue weighted by Gasteiger charge is -2.11. The number of amides is 2. The maximum absolute atomic E-state index is 12.2. The van der Waals surface area contributed by atoms with E-state index in [4.69, 9.17) is 17.2 Å². The summed E-state index contributed by atoms with van der Waals surface area (Å²) in [4.78, 5) is 28.0. The second kappa shape index (κ2) is 11.6. The molecule has 9 heteroatoms. The molecule has 7 N–H and O–H groups in total. The zero-order chi connectivity index (χ0) is 17.5. The van der Waals surface area contributed by atoms with E-state index in [1.54, 1.807) is 12.1 Å². The summed E-state index contributed by atoms with van der Waals surface area (Å²) in [6, 6.07) is 12.1. The van der Waals surface area contributed by atoms with Gasteiger partial charge in [0.2, 0.25) is 5.91 Å². The summed E-state index contributed by atoms with van der Waals surface area (Å²) in [5.74, 6) is -0.984. The summed E-state index contributed by atoms with van der Waals surface area (Å²) in [5, 5.41) is 4.28. The standard InChI is InChI=1S/C17H21N5O2.2BrH/c18-14(6-3-9-21-17(19)20)16(24)22-15(23)13-8-7-11-4-1-2-5-12(11)10-13;;/h1-2,4-5,7-8,10,14H,3,6,9,18H2,(H4,19,20,21)(H,22,23,24);2*1H/t14-;;/m0../s1. The molecule has 7 nitrogen and oxygen atoms in total. The molecule has 0 aliphatic carbocycles. The van der Waals surface area contributed by atoms with E-state index < -0.39 is 17.9 Å². The van der Waals surface area contributed by atoms with E-state index in [9.17, 15) is 9.59 Å².